The Balaban J connectivity index is 1.68. The van der Waals surface area contributed by atoms with E-state index in [-0.39, 0.29) is 18.6 Å². The van der Waals surface area contributed by atoms with Crippen molar-refractivity contribution >= 4 is 12.0 Å². The molecule has 1 saturated carbocycles. The summed E-state index contributed by atoms with van der Waals surface area (Å²) in [5.41, 5.74) is 1.68. The summed E-state index contributed by atoms with van der Waals surface area (Å²) >= 11 is 0. The Morgan fingerprint density at radius 1 is 1.27 bits per heavy atom. The molecule has 0 radical (unpaired) electrons. The van der Waals surface area contributed by atoms with Crippen LogP contribution >= 0.6 is 0 Å². The molecule has 1 N–H and O–H groups in total. The van der Waals surface area contributed by atoms with E-state index in [1.54, 1.807) is 0 Å². The highest BCUT2D eigenvalue weighted by Gasteiger charge is 2.28. The lowest BCUT2D eigenvalue weighted by Crippen LogP contribution is -2.41. The van der Waals surface area contributed by atoms with Gasteiger partial charge in [0.05, 0.1) is 5.57 Å². The zero-order valence-corrected chi connectivity index (χ0v) is 13.0. The van der Waals surface area contributed by atoms with Gasteiger partial charge in [0.15, 0.2) is 0 Å². The lowest BCUT2D eigenvalue weighted by Gasteiger charge is -2.35. The fraction of sp³-hybridized carbons (Fsp3) is 0.500. The number of nitrogens with zero attached hydrogens (tertiary/aromatic N) is 1. The average Bonchev–Trinajstić information content (AvgIpc) is 2.60. The van der Waals surface area contributed by atoms with Crippen molar-refractivity contribution in [3.63, 3.8) is 0 Å². The van der Waals surface area contributed by atoms with Crippen LogP contribution in [-0.4, -0.2) is 42.2 Å². The van der Waals surface area contributed by atoms with Gasteiger partial charge >= 0.3 is 0 Å². The molecule has 3 rings (SSSR count). The van der Waals surface area contributed by atoms with E-state index in [0.717, 1.165) is 37.0 Å². The zero-order valence-electron chi connectivity index (χ0n) is 13.0. The van der Waals surface area contributed by atoms with Crippen LogP contribution in [0.25, 0.3) is 6.08 Å². The minimum atomic E-state index is 0.0574. The first kappa shape index (κ1) is 15.1. The third-order valence-corrected chi connectivity index (χ3v) is 4.85. The molecule has 4 nitrogen and oxygen atoms in total. The van der Waals surface area contributed by atoms with Crippen molar-refractivity contribution in [3.8, 4) is 5.75 Å². The second kappa shape index (κ2) is 6.53. The summed E-state index contributed by atoms with van der Waals surface area (Å²) in [6.45, 7) is 0.604. The Bertz CT molecular complexity index is 573. The maximum Gasteiger partial charge on any atom is 0.253 e. The van der Waals surface area contributed by atoms with Crippen molar-refractivity contribution < 1.29 is 14.6 Å². The number of fused-ring (bicyclic) bond motifs is 1. The minimum absolute atomic E-state index is 0.0574. The Labute approximate surface area is 131 Å². The SMILES string of the molecule is CN(C(=O)C1=Cc2ccccc2OC1)C1CCC(CO)CC1. The smallest absolute Gasteiger partial charge is 0.253 e. The molecule has 0 unspecified atom stereocenters. The summed E-state index contributed by atoms with van der Waals surface area (Å²) in [6, 6.07) is 8.05. The molecule has 22 heavy (non-hydrogen) atoms. The van der Waals surface area contributed by atoms with Gasteiger partial charge in [-0.2, -0.15) is 0 Å². The van der Waals surface area contributed by atoms with Crippen molar-refractivity contribution in [1.29, 1.82) is 0 Å². The molecule has 0 bridgehead atoms. The lowest BCUT2D eigenvalue weighted by atomic mass is 9.86. The summed E-state index contributed by atoms with van der Waals surface area (Å²) in [5.74, 6) is 1.30. The molecule has 1 aliphatic carbocycles. The number of para-hydroxylation sites is 1. The van der Waals surface area contributed by atoms with E-state index in [0.29, 0.717) is 18.1 Å². The van der Waals surface area contributed by atoms with Crippen molar-refractivity contribution in [2.45, 2.75) is 31.7 Å². The molecule has 4 heteroatoms. The Hall–Kier alpha value is -1.81. The van der Waals surface area contributed by atoms with Gasteiger partial charge in [-0.1, -0.05) is 18.2 Å². The molecule has 118 valence electrons. The second-order valence-electron chi connectivity index (χ2n) is 6.27. The third-order valence-electron chi connectivity index (χ3n) is 4.85. The summed E-state index contributed by atoms with van der Waals surface area (Å²) in [7, 11) is 1.88. The Kier molecular flexibility index (Phi) is 4.48. The first-order valence-corrected chi connectivity index (χ1v) is 7.99. The summed E-state index contributed by atoms with van der Waals surface area (Å²) in [6.07, 6.45) is 5.88. The van der Waals surface area contributed by atoms with Gasteiger partial charge in [0.25, 0.3) is 5.91 Å². The Morgan fingerprint density at radius 3 is 2.73 bits per heavy atom. The van der Waals surface area contributed by atoms with Gasteiger partial charge in [-0.05, 0) is 43.7 Å². The van der Waals surface area contributed by atoms with Crippen LogP contribution in [0.4, 0.5) is 0 Å². The van der Waals surface area contributed by atoms with Crippen molar-refractivity contribution in [1.82, 2.24) is 4.90 Å². The largest absolute Gasteiger partial charge is 0.488 e. The minimum Gasteiger partial charge on any atom is -0.488 e. The molecule has 0 spiro atoms. The highest BCUT2D eigenvalue weighted by atomic mass is 16.5. The normalized spacial score (nSPS) is 24.0. The molecule has 1 aromatic rings. The molecular formula is C18H23NO3. The second-order valence-corrected chi connectivity index (χ2v) is 6.27. The number of aliphatic hydroxyl groups excluding tert-OH is 1. The monoisotopic (exact) mass is 301 g/mol. The molecule has 1 fully saturated rings. The maximum atomic E-state index is 12.7. The predicted molar refractivity (Wildman–Crippen MR) is 85.5 cm³/mol. The zero-order chi connectivity index (χ0) is 15.5. The van der Waals surface area contributed by atoms with Crippen LogP contribution in [0.5, 0.6) is 5.75 Å². The van der Waals surface area contributed by atoms with Crippen LogP contribution in [0.2, 0.25) is 0 Å². The number of carbonyl (C=O) groups is 1. The number of ether oxygens (including phenoxy) is 1. The number of aliphatic hydroxyl groups is 1. The van der Waals surface area contributed by atoms with E-state index >= 15 is 0 Å². The van der Waals surface area contributed by atoms with Gasteiger partial charge in [-0.15, -0.1) is 0 Å². The topological polar surface area (TPSA) is 49.8 Å². The van der Waals surface area contributed by atoms with Crippen LogP contribution in [0, 0.1) is 5.92 Å². The van der Waals surface area contributed by atoms with Crippen LogP contribution in [0.3, 0.4) is 0 Å². The molecule has 2 aliphatic rings. The van der Waals surface area contributed by atoms with Gasteiger partial charge in [0.2, 0.25) is 0 Å². The van der Waals surface area contributed by atoms with Gasteiger partial charge in [-0.3, -0.25) is 4.79 Å². The summed E-state index contributed by atoms with van der Waals surface area (Å²) in [4.78, 5) is 14.5. The van der Waals surface area contributed by atoms with Gasteiger partial charge in [0, 0.05) is 25.3 Å². The van der Waals surface area contributed by atoms with E-state index in [2.05, 4.69) is 0 Å². The summed E-state index contributed by atoms with van der Waals surface area (Å²) < 4.78 is 5.68. The number of amides is 1. The number of hydrogen-bond donors (Lipinski definition) is 1. The van der Waals surface area contributed by atoms with E-state index in [1.807, 2.05) is 42.3 Å². The number of likely N-dealkylation sites (N-methyl/N-ethyl adjacent to an activating group) is 1. The Morgan fingerprint density at radius 2 is 2.00 bits per heavy atom. The number of carbonyl (C=O) groups excluding carboxylic acids is 1. The van der Waals surface area contributed by atoms with Crippen LogP contribution in [-0.2, 0) is 4.79 Å². The van der Waals surface area contributed by atoms with Gasteiger partial charge in [-0.25, -0.2) is 0 Å². The number of hydrogen-bond acceptors (Lipinski definition) is 3. The quantitative estimate of drug-likeness (QED) is 0.933. The molecule has 1 amide bonds. The molecule has 1 aromatic carbocycles. The van der Waals surface area contributed by atoms with E-state index in [9.17, 15) is 9.90 Å². The highest BCUT2D eigenvalue weighted by molar-refractivity contribution is 5.99. The van der Waals surface area contributed by atoms with Gasteiger partial charge in [0.1, 0.15) is 12.4 Å². The first-order chi connectivity index (χ1) is 10.7. The standard InChI is InChI=1S/C18H23NO3/c1-19(16-8-6-13(11-20)7-9-16)18(21)15-10-14-4-2-3-5-17(14)22-12-15/h2-5,10,13,16,20H,6-9,11-12H2,1H3. The molecule has 0 aromatic heterocycles. The van der Waals surface area contributed by atoms with Gasteiger partial charge < -0.3 is 14.7 Å². The molecule has 1 aliphatic heterocycles. The molecule has 0 atom stereocenters. The summed E-state index contributed by atoms with van der Waals surface area (Å²) in [5, 5.41) is 9.22. The van der Waals surface area contributed by atoms with Crippen molar-refractivity contribution in [3.05, 3.63) is 35.4 Å². The lowest BCUT2D eigenvalue weighted by molar-refractivity contribution is -0.129. The van der Waals surface area contributed by atoms with E-state index in [1.165, 1.54) is 0 Å². The van der Waals surface area contributed by atoms with Crippen LogP contribution < -0.4 is 4.74 Å². The first-order valence-electron chi connectivity index (χ1n) is 7.99. The fourth-order valence-electron chi connectivity index (χ4n) is 3.35. The van der Waals surface area contributed by atoms with Crippen molar-refractivity contribution in [2.24, 2.45) is 5.92 Å². The van der Waals surface area contributed by atoms with E-state index in [4.69, 9.17) is 4.74 Å². The van der Waals surface area contributed by atoms with Crippen LogP contribution in [0.15, 0.2) is 29.8 Å². The average molecular weight is 301 g/mol. The number of rotatable bonds is 3. The third kappa shape index (κ3) is 3.02. The van der Waals surface area contributed by atoms with Crippen molar-refractivity contribution in [2.75, 3.05) is 20.3 Å². The highest BCUT2D eigenvalue weighted by Crippen LogP contribution is 2.29. The number of benzene rings is 1. The molecular weight excluding hydrogens is 278 g/mol. The van der Waals surface area contributed by atoms with Crippen LogP contribution in [0.1, 0.15) is 31.2 Å². The fourth-order valence-corrected chi connectivity index (χ4v) is 3.35. The molecule has 1 heterocycles. The maximum absolute atomic E-state index is 12.7. The van der Waals surface area contributed by atoms with E-state index < -0.39 is 0 Å². The molecule has 0 saturated heterocycles. The predicted octanol–water partition coefficient (Wildman–Crippen LogP) is 2.47.